The van der Waals surface area contributed by atoms with E-state index in [0.717, 1.165) is 0 Å². The van der Waals surface area contributed by atoms with Gasteiger partial charge in [0, 0.05) is 7.11 Å². The van der Waals surface area contributed by atoms with E-state index < -0.39 is 0 Å². The van der Waals surface area contributed by atoms with Crippen LogP contribution in [0.25, 0.3) is 11.2 Å². The normalized spacial score (nSPS) is 13.1. The van der Waals surface area contributed by atoms with Crippen LogP contribution in [0.3, 0.4) is 0 Å². The van der Waals surface area contributed by atoms with E-state index >= 15 is 0 Å². The van der Waals surface area contributed by atoms with Gasteiger partial charge in [-0.2, -0.15) is 0 Å². The van der Waals surface area contributed by atoms with Crippen LogP contribution < -0.4 is 5.73 Å². The average Bonchev–Trinajstić information content (AvgIpc) is 2.73. The third-order valence-electron chi connectivity index (χ3n) is 2.42. The van der Waals surface area contributed by atoms with Gasteiger partial charge in [-0.15, -0.1) is 0 Å². The molecule has 2 heterocycles. The van der Waals surface area contributed by atoms with E-state index in [1.807, 2.05) is 4.57 Å². The predicted octanol–water partition coefficient (Wildman–Crippen LogP) is 0.285. The van der Waals surface area contributed by atoms with Gasteiger partial charge in [0.05, 0.1) is 25.6 Å². The Hall–Kier alpha value is -1.38. The Balaban J connectivity index is 2.27. The second-order valence-electron chi connectivity index (χ2n) is 3.48. The highest BCUT2D eigenvalue weighted by molar-refractivity contribution is 7.75. The van der Waals surface area contributed by atoms with Crippen LogP contribution in [0, 0.1) is 0 Å². The van der Waals surface area contributed by atoms with Crippen LogP contribution >= 0.6 is 12.9 Å². The highest BCUT2D eigenvalue weighted by atomic mass is 32.1. The van der Waals surface area contributed by atoms with Gasteiger partial charge in [0.1, 0.15) is 11.8 Å². The quantitative estimate of drug-likeness (QED) is 0.589. The largest absolute Gasteiger partial charge is 0.382 e. The van der Waals surface area contributed by atoms with Crippen molar-refractivity contribution in [2.24, 2.45) is 0 Å². The van der Waals surface area contributed by atoms with E-state index in [9.17, 15) is 0 Å². The lowest BCUT2D eigenvalue weighted by molar-refractivity contribution is 0.0539. The highest BCUT2D eigenvalue weighted by Gasteiger charge is 2.13. The monoisotopic (exact) mass is 255 g/mol. The van der Waals surface area contributed by atoms with Crippen molar-refractivity contribution in [2.75, 3.05) is 19.5 Å². The zero-order chi connectivity index (χ0) is 12.3. The fourth-order valence-electron chi connectivity index (χ4n) is 1.53. The summed E-state index contributed by atoms with van der Waals surface area (Å²) in [6.45, 7) is 0.934. The molecule has 0 radical (unpaired) electrons. The number of nitrogens with zero attached hydrogens (tertiary/aromatic N) is 4. The summed E-state index contributed by atoms with van der Waals surface area (Å²) in [6, 6.07) is 0. The molecule has 0 aliphatic rings. The number of hydrogen-bond donors (Lipinski definition) is 2. The molecule has 2 rings (SSSR count). The smallest absolute Gasteiger partial charge is 0.165 e. The summed E-state index contributed by atoms with van der Waals surface area (Å²) in [6.07, 6.45) is 2.94. The van der Waals surface area contributed by atoms with Crippen LogP contribution in [-0.2, 0) is 15.5 Å². The molecule has 8 heteroatoms. The first-order valence-electron chi connectivity index (χ1n) is 4.96. The first-order chi connectivity index (χ1) is 8.26. The summed E-state index contributed by atoms with van der Waals surface area (Å²) in [5.74, 6) is 0.369. The number of thiol groups is 1. The first-order valence-corrected chi connectivity index (χ1v) is 5.33. The van der Waals surface area contributed by atoms with Gasteiger partial charge in [0.2, 0.25) is 0 Å². The third kappa shape index (κ3) is 2.48. The van der Waals surface area contributed by atoms with Gasteiger partial charge in [-0.25, -0.2) is 15.0 Å². The van der Waals surface area contributed by atoms with E-state index in [-0.39, 0.29) is 6.10 Å². The Kier molecular flexibility index (Phi) is 3.77. The van der Waals surface area contributed by atoms with Gasteiger partial charge < -0.3 is 19.2 Å². The molecule has 1 unspecified atom stereocenters. The minimum atomic E-state index is -0.124. The maximum Gasteiger partial charge on any atom is 0.165 e. The molecule has 0 aliphatic carbocycles. The van der Waals surface area contributed by atoms with Gasteiger partial charge in [-0.1, -0.05) is 0 Å². The summed E-state index contributed by atoms with van der Waals surface area (Å²) >= 11 is 3.70. The first kappa shape index (κ1) is 12.1. The van der Waals surface area contributed by atoms with Crippen LogP contribution in [0.2, 0.25) is 0 Å². The van der Waals surface area contributed by atoms with E-state index in [4.69, 9.17) is 14.7 Å². The van der Waals surface area contributed by atoms with Crippen molar-refractivity contribution < 1.29 is 8.92 Å². The number of rotatable bonds is 5. The minimum Gasteiger partial charge on any atom is -0.382 e. The topological polar surface area (TPSA) is 88.1 Å². The van der Waals surface area contributed by atoms with Crippen LogP contribution in [0.1, 0.15) is 0 Å². The molecule has 0 bridgehead atoms. The number of fused-ring (bicyclic) bond motifs is 1. The Morgan fingerprint density at radius 1 is 1.47 bits per heavy atom. The lowest BCUT2D eigenvalue weighted by atomic mass is 10.3. The number of nitrogens with two attached hydrogens (primary N) is 1. The lowest BCUT2D eigenvalue weighted by Crippen LogP contribution is -2.22. The van der Waals surface area contributed by atoms with Crippen LogP contribution in [0.15, 0.2) is 12.7 Å². The molecule has 0 aromatic carbocycles. The molecule has 1 atom stereocenters. The number of ether oxygens (including phenoxy) is 1. The van der Waals surface area contributed by atoms with Crippen LogP contribution in [0.5, 0.6) is 0 Å². The maximum atomic E-state index is 5.70. The molecule has 2 aromatic heterocycles. The van der Waals surface area contributed by atoms with Crippen molar-refractivity contribution >= 4 is 29.9 Å². The molecule has 0 saturated carbocycles. The fourth-order valence-corrected chi connectivity index (χ4v) is 1.70. The van der Waals surface area contributed by atoms with Crippen molar-refractivity contribution in [3.05, 3.63) is 12.7 Å². The van der Waals surface area contributed by atoms with E-state index in [0.29, 0.717) is 30.1 Å². The molecule has 0 aliphatic heterocycles. The van der Waals surface area contributed by atoms with Crippen molar-refractivity contribution in [2.45, 2.75) is 12.6 Å². The summed E-state index contributed by atoms with van der Waals surface area (Å²) in [5.41, 5.74) is 6.97. The standard InChI is InChI=1S/C9H13N5O2S/c1-15-6(3-16-17)2-14-5-13-7-8(10)11-4-12-9(7)14/h4-6,17H,2-3H2,1H3,(H2,10,11,12). The summed E-state index contributed by atoms with van der Waals surface area (Å²) in [4.78, 5) is 12.2. The number of anilines is 1. The SMILES string of the molecule is COC(COS)Cn1cnc2c(N)ncnc21. The van der Waals surface area contributed by atoms with Crippen molar-refractivity contribution in [3.63, 3.8) is 0 Å². The molecular weight excluding hydrogens is 242 g/mol. The summed E-state index contributed by atoms with van der Waals surface area (Å²) in [7, 11) is 1.61. The molecule has 2 aromatic rings. The number of hydrogen-bond acceptors (Lipinski definition) is 7. The van der Waals surface area contributed by atoms with E-state index in [1.54, 1.807) is 13.4 Å². The molecule has 2 N–H and O–H groups in total. The lowest BCUT2D eigenvalue weighted by Gasteiger charge is -2.14. The van der Waals surface area contributed by atoms with Gasteiger partial charge in [0.25, 0.3) is 0 Å². The molecule has 0 saturated heterocycles. The van der Waals surface area contributed by atoms with Crippen molar-refractivity contribution in [1.82, 2.24) is 19.5 Å². The van der Waals surface area contributed by atoms with Crippen LogP contribution in [-0.4, -0.2) is 39.3 Å². The second-order valence-corrected chi connectivity index (χ2v) is 3.74. The zero-order valence-corrected chi connectivity index (χ0v) is 10.2. The molecular formula is C9H13N5O2S. The van der Waals surface area contributed by atoms with Gasteiger partial charge >= 0.3 is 0 Å². The van der Waals surface area contributed by atoms with Crippen LogP contribution in [0.4, 0.5) is 5.82 Å². The molecule has 0 fully saturated rings. The van der Waals surface area contributed by atoms with Gasteiger partial charge in [-0.3, -0.25) is 0 Å². The maximum absolute atomic E-state index is 5.70. The highest BCUT2D eigenvalue weighted by Crippen LogP contribution is 2.14. The third-order valence-corrected chi connectivity index (χ3v) is 2.57. The number of imidazole rings is 1. The Morgan fingerprint density at radius 2 is 2.29 bits per heavy atom. The molecule has 7 nitrogen and oxygen atoms in total. The Morgan fingerprint density at radius 3 is 3.00 bits per heavy atom. The molecule has 0 spiro atoms. The average molecular weight is 255 g/mol. The van der Waals surface area contributed by atoms with E-state index in [1.165, 1.54) is 6.33 Å². The Labute approximate surface area is 104 Å². The van der Waals surface area contributed by atoms with E-state index in [2.05, 4.69) is 27.9 Å². The summed E-state index contributed by atoms with van der Waals surface area (Å²) < 4.78 is 11.8. The fraction of sp³-hybridized carbons (Fsp3) is 0.444. The number of aromatic nitrogens is 4. The number of nitrogen functional groups attached to an aromatic ring is 1. The van der Waals surface area contributed by atoms with Gasteiger partial charge in [-0.05, 0) is 12.9 Å². The zero-order valence-electron chi connectivity index (χ0n) is 9.28. The number of methoxy groups -OCH3 is 1. The van der Waals surface area contributed by atoms with Crippen molar-refractivity contribution in [1.29, 1.82) is 0 Å². The molecule has 17 heavy (non-hydrogen) atoms. The Bertz CT molecular complexity index is 503. The van der Waals surface area contributed by atoms with Crippen molar-refractivity contribution in [3.8, 4) is 0 Å². The summed E-state index contributed by atoms with van der Waals surface area (Å²) in [5, 5.41) is 0. The molecule has 0 amide bonds. The van der Waals surface area contributed by atoms with Gasteiger partial charge in [0.15, 0.2) is 11.5 Å². The minimum absolute atomic E-state index is 0.124. The molecule has 92 valence electrons. The predicted molar refractivity (Wildman–Crippen MR) is 65.5 cm³/mol. The second kappa shape index (κ2) is 5.30.